The molecule has 2 heterocycles. The van der Waals surface area contributed by atoms with Gasteiger partial charge in [-0.15, -0.1) is 0 Å². The minimum atomic E-state index is -0.684. The van der Waals surface area contributed by atoms with E-state index in [0.717, 1.165) is 15.4 Å². The first-order valence-corrected chi connectivity index (χ1v) is 11.9. The van der Waals surface area contributed by atoms with Crippen molar-refractivity contribution in [1.29, 1.82) is 0 Å². The number of carbonyl (C=O) groups excluding carboxylic acids is 4. The van der Waals surface area contributed by atoms with Crippen molar-refractivity contribution in [2.75, 3.05) is 16.9 Å². The summed E-state index contributed by atoms with van der Waals surface area (Å²) in [5.74, 6) is -2.59. The lowest BCUT2D eigenvalue weighted by atomic mass is 9.85. The van der Waals surface area contributed by atoms with Crippen LogP contribution in [0.15, 0.2) is 60.7 Å². The Balaban J connectivity index is 1.53. The maximum Gasteiger partial charge on any atom is 0.311 e. The average molecular weight is 521 g/mol. The van der Waals surface area contributed by atoms with Crippen LogP contribution in [0.25, 0.3) is 10.8 Å². The van der Waals surface area contributed by atoms with E-state index >= 15 is 0 Å². The van der Waals surface area contributed by atoms with Crippen molar-refractivity contribution in [2.45, 2.75) is 13.8 Å². The summed E-state index contributed by atoms with van der Waals surface area (Å²) in [5, 5.41) is 11.9. The minimum absolute atomic E-state index is 0.107. The van der Waals surface area contributed by atoms with Gasteiger partial charge in [0.05, 0.1) is 23.4 Å². The first kappa shape index (κ1) is 24.0. The van der Waals surface area contributed by atoms with E-state index in [2.05, 4.69) is 0 Å². The van der Waals surface area contributed by atoms with Gasteiger partial charge in [-0.2, -0.15) is 0 Å². The Labute approximate surface area is 221 Å². The zero-order valence-corrected chi connectivity index (χ0v) is 21.0. The predicted octanol–water partition coefficient (Wildman–Crippen LogP) is 4.97. The van der Waals surface area contributed by atoms with Gasteiger partial charge in [0.1, 0.15) is 0 Å². The molecule has 0 saturated heterocycles. The van der Waals surface area contributed by atoms with Crippen LogP contribution in [0.3, 0.4) is 0 Å². The fourth-order valence-electron chi connectivity index (χ4n) is 5.23. The number of hydrogen-bond donors (Lipinski definition) is 0. The molecule has 10 heteroatoms. The third kappa shape index (κ3) is 3.28. The predicted molar refractivity (Wildman–Crippen MR) is 142 cm³/mol. The second-order valence-corrected chi connectivity index (χ2v) is 9.37. The zero-order chi connectivity index (χ0) is 27.7. The van der Waals surface area contributed by atoms with Crippen LogP contribution in [0.1, 0.15) is 52.6 Å². The van der Waals surface area contributed by atoms with Crippen molar-refractivity contribution in [3.05, 3.63) is 104 Å². The van der Waals surface area contributed by atoms with Crippen LogP contribution in [0.4, 0.5) is 17.1 Å². The molecule has 4 aromatic carbocycles. The van der Waals surface area contributed by atoms with Gasteiger partial charge in [-0.3, -0.25) is 29.3 Å². The molecule has 0 bridgehead atoms. The topological polar surface area (TPSA) is 127 Å². The van der Waals surface area contributed by atoms with Gasteiger partial charge in [0, 0.05) is 45.2 Å². The smallest absolute Gasteiger partial charge is 0.311 e. The molecule has 0 spiro atoms. The van der Waals surface area contributed by atoms with Crippen LogP contribution in [-0.2, 0) is 0 Å². The van der Waals surface area contributed by atoms with Gasteiger partial charge in [0.2, 0.25) is 0 Å². The summed E-state index contributed by atoms with van der Waals surface area (Å²) in [7, 11) is 1.26. The fourth-order valence-corrected chi connectivity index (χ4v) is 5.23. The van der Waals surface area contributed by atoms with Crippen molar-refractivity contribution in [3.8, 4) is 5.75 Å². The summed E-state index contributed by atoms with van der Waals surface area (Å²) in [4.78, 5) is 67.4. The van der Waals surface area contributed by atoms with Gasteiger partial charge in [0.25, 0.3) is 23.6 Å². The second-order valence-electron chi connectivity index (χ2n) is 9.37. The van der Waals surface area contributed by atoms with Gasteiger partial charge in [-0.25, -0.2) is 9.80 Å². The number of ether oxygens (including phenoxy) is 1. The molecule has 0 saturated carbocycles. The van der Waals surface area contributed by atoms with Crippen molar-refractivity contribution < 1.29 is 28.8 Å². The van der Waals surface area contributed by atoms with E-state index in [1.54, 1.807) is 31.2 Å². The number of rotatable bonds is 4. The maximum absolute atomic E-state index is 13.7. The third-order valence-electron chi connectivity index (χ3n) is 7.12. The number of nitro groups is 1. The van der Waals surface area contributed by atoms with Gasteiger partial charge in [0.15, 0.2) is 5.75 Å². The standard InChI is InChI=1S/C29H19N3O7/c1-14-4-6-16(7-5-14)30-26(33)17-8-10-19-25-20(11-9-18(24(17)25)27(30)34)29(36)31(28(19)35)21-13-23(39-3)22(32(37)38)12-15(21)2/h4-13H,1-3H3. The molecule has 0 aliphatic carbocycles. The lowest BCUT2D eigenvalue weighted by Gasteiger charge is -2.32. The van der Waals surface area contributed by atoms with Crippen LogP contribution in [-0.4, -0.2) is 35.7 Å². The summed E-state index contributed by atoms with van der Waals surface area (Å²) in [6.45, 7) is 3.45. The zero-order valence-electron chi connectivity index (χ0n) is 21.0. The number of imide groups is 2. The Hall–Kier alpha value is -5.38. The molecule has 0 atom stereocenters. The van der Waals surface area contributed by atoms with E-state index in [1.807, 2.05) is 6.92 Å². The monoisotopic (exact) mass is 521 g/mol. The molecule has 2 aliphatic rings. The van der Waals surface area contributed by atoms with Gasteiger partial charge >= 0.3 is 5.69 Å². The van der Waals surface area contributed by atoms with Crippen molar-refractivity contribution >= 4 is 51.5 Å². The number of methoxy groups -OCH3 is 1. The van der Waals surface area contributed by atoms with E-state index in [-0.39, 0.29) is 50.2 Å². The summed E-state index contributed by atoms with van der Waals surface area (Å²) in [6.07, 6.45) is 0. The molecule has 0 N–H and O–H groups in total. The lowest BCUT2D eigenvalue weighted by molar-refractivity contribution is -0.385. The Bertz CT molecular complexity index is 1750. The van der Waals surface area contributed by atoms with Gasteiger partial charge in [-0.05, 0) is 55.8 Å². The van der Waals surface area contributed by atoms with Crippen molar-refractivity contribution in [1.82, 2.24) is 0 Å². The molecule has 192 valence electrons. The van der Waals surface area contributed by atoms with E-state index in [1.165, 1.54) is 43.5 Å². The van der Waals surface area contributed by atoms with Crippen LogP contribution in [0.5, 0.6) is 5.75 Å². The first-order valence-electron chi connectivity index (χ1n) is 11.9. The second kappa shape index (κ2) is 8.32. The van der Waals surface area contributed by atoms with Crippen LogP contribution in [0, 0.1) is 24.0 Å². The quantitative estimate of drug-likeness (QED) is 0.211. The molecule has 6 rings (SSSR count). The number of hydrogen-bond acceptors (Lipinski definition) is 7. The Morgan fingerprint density at radius 2 is 1.15 bits per heavy atom. The van der Waals surface area contributed by atoms with E-state index in [0.29, 0.717) is 11.3 Å². The van der Waals surface area contributed by atoms with E-state index in [9.17, 15) is 29.3 Å². The van der Waals surface area contributed by atoms with E-state index in [4.69, 9.17) is 4.74 Å². The number of benzene rings is 4. The molecule has 0 aromatic heterocycles. The number of nitrogens with zero attached hydrogens (tertiary/aromatic N) is 3. The van der Waals surface area contributed by atoms with Gasteiger partial charge < -0.3 is 4.74 Å². The normalized spacial score (nSPS) is 14.3. The number of nitro benzene ring substituents is 1. The highest BCUT2D eigenvalue weighted by Gasteiger charge is 2.41. The summed E-state index contributed by atoms with van der Waals surface area (Å²) in [5.41, 5.74) is 2.19. The Morgan fingerprint density at radius 1 is 0.692 bits per heavy atom. The summed E-state index contributed by atoms with van der Waals surface area (Å²) in [6, 6.07) is 15.4. The van der Waals surface area contributed by atoms with Gasteiger partial charge in [-0.1, -0.05) is 17.7 Å². The maximum atomic E-state index is 13.7. The Morgan fingerprint density at radius 3 is 1.59 bits per heavy atom. The number of amides is 4. The first-order chi connectivity index (χ1) is 18.6. The molecular formula is C29H19N3O7. The van der Waals surface area contributed by atoms with Crippen molar-refractivity contribution in [2.24, 2.45) is 0 Å². The SMILES string of the molecule is COc1cc(N2C(=O)c3ccc4c5c(ccc(c35)C2=O)C(=O)N(c2ccc(C)cc2)C4=O)c(C)cc1[N+](=O)[O-]. The Kier molecular flexibility index (Phi) is 5.12. The minimum Gasteiger partial charge on any atom is -0.490 e. The fraction of sp³-hybridized carbons (Fsp3) is 0.103. The third-order valence-corrected chi connectivity index (χ3v) is 7.12. The highest BCUT2D eigenvalue weighted by molar-refractivity contribution is 6.42. The molecule has 4 amide bonds. The van der Waals surface area contributed by atoms with Crippen LogP contribution in [0.2, 0.25) is 0 Å². The summed E-state index contributed by atoms with van der Waals surface area (Å²) < 4.78 is 5.15. The average Bonchev–Trinajstić information content (AvgIpc) is 2.92. The molecule has 2 aliphatic heterocycles. The highest BCUT2D eigenvalue weighted by Crippen LogP contribution is 2.42. The number of carbonyl (C=O) groups is 4. The van der Waals surface area contributed by atoms with E-state index < -0.39 is 28.6 Å². The molecule has 39 heavy (non-hydrogen) atoms. The largest absolute Gasteiger partial charge is 0.490 e. The number of anilines is 2. The molecule has 0 radical (unpaired) electrons. The van der Waals surface area contributed by atoms with Crippen LogP contribution >= 0.6 is 0 Å². The molecule has 0 unspecified atom stereocenters. The summed E-state index contributed by atoms with van der Waals surface area (Å²) >= 11 is 0. The lowest BCUT2D eigenvalue weighted by Crippen LogP contribution is -2.43. The van der Waals surface area contributed by atoms with Crippen LogP contribution < -0.4 is 14.5 Å². The number of aryl methyl sites for hydroxylation is 2. The van der Waals surface area contributed by atoms with Crippen molar-refractivity contribution in [3.63, 3.8) is 0 Å². The molecule has 10 nitrogen and oxygen atoms in total. The molecule has 0 fully saturated rings. The highest BCUT2D eigenvalue weighted by atomic mass is 16.6. The molecule has 4 aromatic rings. The molecular weight excluding hydrogens is 502 g/mol.